The van der Waals surface area contributed by atoms with E-state index < -0.39 is 6.43 Å². The van der Waals surface area contributed by atoms with Crippen LogP contribution in [0.2, 0.25) is 0 Å². The van der Waals surface area contributed by atoms with E-state index in [9.17, 15) is 8.78 Å². The SMILES string of the molecule is FC(F)[CH]Cl. The van der Waals surface area contributed by atoms with Crippen molar-refractivity contribution in [1.82, 2.24) is 0 Å². The number of hydrogen-bond donors (Lipinski definition) is 0. The first-order valence-electron chi connectivity index (χ1n) is 0.988. The third-order valence-corrected chi connectivity index (χ3v) is 0.286. The maximum Gasteiger partial charge on any atom is 0.256 e. The van der Waals surface area contributed by atoms with Crippen molar-refractivity contribution in [3.8, 4) is 0 Å². The smallest absolute Gasteiger partial charge is 0.209 e. The van der Waals surface area contributed by atoms with Crippen molar-refractivity contribution in [2.75, 3.05) is 0 Å². The molecule has 0 aromatic rings. The zero-order valence-electron chi connectivity index (χ0n) is 2.29. The Kier molecular flexibility index (Phi) is 2.46. The van der Waals surface area contributed by atoms with E-state index in [1.807, 2.05) is 0 Å². The average Bonchev–Trinajstić information content (AvgIpc) is 1.38. The molecule has 3 heteroatoms. The molecule has 0 aromatic carbocycles. The molecule has 0 saturated heterocycles. The maximum absolute atomic E-state index is 10.6. The second-order valence-electron chi connectivity index (χ2n) is 0.460. The van der Waals surface area contributed by atoms with Crippen LogP contribution in [0.3, 0.4) is 0 Å². The van der Waals surface area contributed by atoms with E-state index in [4.69, 9.17) is 0 Å². The molecule has 0 aliphatic heterocycles. The predicted octanol–water partition coefficient (Wildman–Crippen LogP) is 1.65. The minimum Gasteiger partial charge on any atom is -0.209 e. The van der Waals surface area contributed by atoms with Gasteiger partial charge in [0.05, 0.1) is 0 Å². The van der Waals surface area contributed by atoms with E-state index in [0.29, 0.717) is 5.88 Å². The second kappa shape index (κ2) is 2.39. The second-order valence-corrected chi connectivity index (χ2v) is 0.712. The van der Waals surface area contributed by atoms with Gasteiger partial charge in [-0.25, -0.2) is 8.78 Å². The molecular weight excluding hydrogens is 97.5 g/mol. The fraction of sp³-hybridized carbons (Fsp3) is 0.500. The molecule has 0 aliphatic rings. The first-order chi connectivity index (χ1) is 2.27. The Morgan fingerprint density at radius 3 is 1.80 bits per heavy atom. The Morgan fingerprint density at radius 1 is 1.60 bits per heavy atom. The number of halogens is 3. The van der Waals surface area contributed by atoms with Crippen molar-refractivity contribution in [3.05, 3.63) is 5.88 Å². The lowest BCUT2D eigenvalue weighted by Crippen LogP contribution is -1.79. The largest absolute Gasteiger partial charge is 0.256 e. The molecule has 0 atom stereocenters. The molecule has 0 unspecified atom stereocenters. The van der Waals surface area contributed by atoms with Gasteiger partial charge in [0.2, 0.25) is 0 Å². The highest BCUT2D eigenvalue weighted by atomic mass is 35.5. The van der Waals surface area contributed by atoms with E-state index in [2.05, 4.69) is 11.6 Å². The summed E-state index contributed by atoms with van der Waals surface area (Å²) in [5.74, 6) is 0.306. The van der Waals surface area contributed by atoms with E-state index >= 15 is 0 Å². The molecule has 0 aliphatic carbocycles. The van der Waals surface area contributed by atoms with Gasteiger partial charge in [0, 0.05) is 0 Å². The predicted molar refractivity (Wildman–Crippen MR) is 16.2 cm³/mol. The summed E-state index contributed by atoms with van der Waals surface area (Å²) in [6, 6.07) is 0. The first kappa shape index (κ1) is 5.15. The van der Waals surface area contributed by atoms with Crippen LogP contribution >= 0.6 is 11.6 Å². The molecule has 0 fully saturated rings. The van der Waals surface area contributed by atoms with Crippen LogP contribution in [0, 0.1) is 5.88 Å². The topological polar surface area (TPSA) is 0 Å². The summed E-state index contributed by atoms with van der Waals surface area (Å²) in [6.07, 6.45) is -2.48. The lowest BCUT2D eigenvalue weighted by molar-refractivity contribution is 0.195. The maximum atomic E-state index is 10.6. The molecule has 0 nitrogen and oxygen atoms in total. The van der Waals surface area contributed by atoms with Crippen molar-refractivity contribution < 1.29 is 8.78 Å². The van der Waals surface area contributed by atoms with Crippen LogP contribution in [0.1, 0.15) is 0 Å². The minimum absolute atomic E-state index is 0.306. The van der Waals surface area contributed by atoms with Gasteiger partial charge in [-0.1, -0.05) is 0 Å². The monoisotopic (exact) mass is 99.0 g/mol. The van der Waals surface area contributed by atoms with Gasteiger partial charge in [0.15, 0.2) is 0 Å². The standard InChI is InChI=1S/C2H2ClF2/c3-1-2(4)5/h1-2H. The molecular formula is C2H2ClF2. The molecule has 0 bridgehead atoms. The molecule has 0 aromatic heterocycles. The van der Waals surface area contributed by atoms with Crippen LogP contribution in [0.5, 0.6) is 0 Å². The highest BCUT2D eigenvalue weighted by Crippen LogP contribution is 1.98. The molecule has 0 heterocycles. The Bertz CT molecular complexity index is 21.6. The van der Waals surface area contributed by atoms with E-state index in [0.717, 1.165) is 0 Å². The van der Waals surface area contributed by atoms with Crippen LogP contribution in [-0.4, -0.2) is 6.43 Å². The third kappa shape index (κ3) is 4.15. The summed E-state index contributed by atoms with van der Waals surface area (Å²) >= 11 is 4.46. The highest BCUT2D eigenvalue weighted by Gasteiger charge is 1.94. The van der Waals surface area contributed by atoms with E-state index in [-0.39, 0.29) is 0 Å². The Balaban J connectivity index is 2.54. The number of alkyl halides is 2. The van der Waals surface area contributed by atoms with Gasteiger partial charge in [-0.05, 0) is 0 Å². The van der Waals surface area contributed by atoms with Gasteiger partial charge in [0.25, 0.3) is 6.43 Å². The van der Waals surface area contributed by atoms with Gasteiger partial charge >= 0.3 is 0 Å². The molecule has 0 spiro atoms. The molecule has 0 amide bonds. The van der Waals surface area contributed by atoms with Crippen LogP contribution in [-0.2, 0) is 0 Å². The van der Waals surface area contributed by atoms with Crippen molar-refractivity contribution in [2.24, 2.45) is 0 Å². The minimum atomic E-state index is -2.48. The summed E-state index contributed by atoms with van der Waals surface area (Å²) < 4.78 is 21.2. The van der Waals surface area contributed by atoms with Gasteiger partial charge in [-0.15, -0.1) is 11.6 Å². The van der Waals surface area contributed by atoms with Crippen molar-refractivity contribution in [2.45, 2.75) is 6.43 Å². The summed E-state index contributed by atoms with van der Waals surface area (Å²) in [7, 11) is 0. The van der Waals surface area contributed by atoms with Crippen molar-refractivity contribution >= 4 is 11.6 Å². The van der Waals surface area contributed by atoms with E-state index in [1.165, 1.54) is 0 Å². The zero-order chi connectivity index (χ0) is 4.28. The lowest BCUT2D eigenvalue weighted by atomic mass is 10.9. The van der Waals surface area contributed by atoms with Crippen LogP contribution in [0.4, 0.5) is 8.78 Å². The van der Waals surface area contributed by atoms with Gasteiger partial charge < -0.3 is 0 Å². The summed E-state index contributed by atoms with van der Waals surface area (Å²) in [5.41, 5.74) is 0. The van der Waals surface area contributed by atoms with Gasteiger partial charge in [-0.2, -0.15) is 0 Å². The fourth-order valence-corrected chi connectivity index (χ4v) is 0. The van der Waals surface area contributed by atoms with Crippen LogP contribution < -0.4 is 0 Å². The number of hydrogen-bond acceptors (Lipinski definition) is 0. The normalized spacial score (nSPS) is 9.60. The van der Waals surface area contributed by atoms with Gasteiger partial charge in [-0.3, -0.25) is 0 Å². The average molecular weight is 99.5 g/mol. The molecule has 0 rings (SSSR count). The lowest BCUT2D eigenvalue weighted by Gasteiger charge is -1.78. The molecule has 31 valence electrons. The Labute approximate surface area is 33.7 Å². The molecule has 1 radical (unpaired) electrons. The highest BCUT2D eigenvalue weighted by molar-refractivity contribution is 6.23. The van der Waals surface area contributed by atoms with Crippen molar-refractivity contribution in [3.63, 3.8) is 0 Å². The molecule has 5 heavy (non-hydrogen) atoms. The van der Waals surface area contributed by atoms with Crippen LogP contribution in [0.25, 0.3) is 0 Å². The Hall–Kier alpha value is 0.150. The Morgan fingerprint density at radius 2 is 1.80 bits per heavy atom. The van der Waals surface area contributed by atoms with E-state index in [1.54, 1.807) is 0 Å². The summed E-state index contributed by atoms with van der Waals surface area (Å²) in [5, 5.41) is 0. The quantitative estimate of drug-likeness (QED) is 0.469. The summed E-state index contributed by atoms with van der Waals surface area (Å²) in [4.78, 5) is 0. The molecule has 0 saturated carbocycles. The fourth-order valence-electron chi connectivity index (χ4n) is 0. The third-order valence-electron chi connectivity index (χ3n) is 0.0952. The van der Waals surface area contributed by atoms with Gasteiger partial charge in [0.1, 0.15) is 5.88 Å². The van der Waals surface area contributed by atoms with Crippen molar-refractivity contribution in [1.29, 1.82) is 0 Å². The molecule has 0 N–H and O–H groups in total. The zero-order valence-corrected chi connectivity index (χ0v) is 3.04. The first-order valence-corrected chi connectivity index (χ1v) is 1.42. The summed E-state index contributed by atoms with van der Waals surface area (Å²) in [6.45, 7) is 0. The number of rotatable bonds is 1. The van der Waals surface area contributed by atoms with Crippen LogP contribution in [0.15, 0.2) is 0 Å².